The summed E-state index contributed by atoms with van der Waals surface area (Å²) in [6.07, 6.45) is 0.923. The van der Waals surface area contributed by atoms with E-state index in [9.17, 15) is 4.79 Å². The van der Waals surface area contributed by atoms with Crippen LogP contribution in [0.2, 0.25) is 0 Å². The number of carbonyl (C=O) groups excluding carboxylic acids is 1. The molecule has 0 saturated heterocycles. The molecule has 2 rings (SSSR count). The zero-order valence-electron chi connectivity index (χ0n) is 9.60. The van der Waals surface area contributed by atoms with Crippen molar-refractivity contribution in [2.75, 3.05) is 13.2 Å². The number of ether oxygens (including phenoxy) is 1. The van der Waals surface area contributed by atoms with Gasteiger partial charge < -0.3 is 10.1 Å². The van der Waals surface area contributed by atoms with Crippen molar-refractivity contribution in [3.8, 4) is 5.19 Å². The molecule has 1 amide bonds. The number of nitrogens with zero attached hydrogens (tertiary/aromatic N) is 1. The summed E-state index contributed by atoms with van der Waals surface area (Å²) in [7, 11) is 0. The molecular weight excluding hydrogens is 236 g/mol. The average molecular weight is 250 g/mol. The highest BCUT2D eigenvalue weighted by Crippen LogP contribution is 2.26. The molecule has 90 valence electrons. The topological polar surface area (TPSA) is 51.2 Å². The number of hydrogen-bond acceptors (Lipinski definition) is 4. The first-order valence-electron chi connectivity index (χ1n) is 5.54. The van der Waals surface area contributed by atoms with Crippen molar-refractivity contribution in [1.29, 1.82) is 0 Å². The number of para-hydroxylation sites is 1. The van der Waals surface area contributed by atoms with Crippen LogP contribution in [0.25, 0.3) is 10.2 Å². The monoisotopic (exact) mass is 250 g/mol. The van der Waals surface area contributed by atoms with Crippen LogP contribution in [0.3, 0.4) is 0 Å². The van der Waals surface area contributed by atoms with Crippen molar-refractivity contribution in [3.63, 3.8) is 0 Å². The molecule has 1 aromatic heterocycles. The van der Waals surface area contributed by atoms with Crippen molar-refractivity contribution in [1.82, 2.24) is 10.3 Å². The Balaban J connectivity index is 1.92. The fraction of sp³-hybridized carbons (Fsp3) is 0.333. The number of rotatable bonds is 5. The maximum Gasteiger partial charge on any atom is 0.274 e. The molecule has 1 heterocycles. The van der Waals surface area contributed by atoms with E-state index < -0.39 is 0 Å². The highest BCUT2D eigenvalue weighted by atomic mass is 32.1. The lowest BCUT2D eigenvalue weighted by Crippen LogP contribution is -2.29. The molecule has 0 radical (unpaired) electrons. The predicted octanol–water partition coefficient (Wildman–Crippen LogP) is 2.20. The number of benzene rings is 1. The Morgan fingerprint density at radius 2 is 2.29 bits per heavy atom. The van der Waals surface area contributed by atoms with Gasteiger partial charge in [-0.2, -0.15) is 0 Å². The molecule has 0 bridgehead atoms. The molecule has 17 heavy (non-hydrogen) atoms. The van der Waals surface area contributed by atoms with E-state index in [-0.39, 0.29) is 12.5 Å². The van der Waals surface area contributed by atoms with Gasteiger partial charge in [-0.1, -0.05) is 30.4 Å². The molecule has 2 aromatic rings. The lowest BCUT2D eigenvalue weighted by molar-refractivity contribution is -0.123. The largest absolute Gasteiger partial charge is 0.460 e. The second-order valence-corrected chi connectivity index (χ2v) is 4.58. The van der Waals surface area contributed by atoms with E-state index in [1.807, 2.05) is 31.2 Å². The van der Waals surface area contributed by atoms with Gasteiger partial charge in [-0.05, 0) is 18.6 Å². The summed E-state index contributed by atoms with van der Waals surface area (Å²) >= 11 is 1.45. The van der Waals surface area contributed by atoms with Crippen molar-refractivity contribution in [2.45, 2.75) is 13.3 Å². The fourth-order valence-electron chi connectivity index (χ4n) is 1.36. The molecule has 1 aromatic carbocycles. The minimum Gasteiger partial charge on any atom is -0.460 e. The molecule has 0 spiro atoms. The van der Waals surface area contributed by atoms with Gasteiger partial charge >= 0.3 is 0 Å². The van der Waals surface area contributed by atoms with Crippen LogP contribution >= 0.6 is 11.3 Å². The normalized spacial score (nSPS) is 10.4. The van der Waals surface area contributed by atoms with Gasteiger partial charge in [-0.3, -0.25) is 4.79 Å². The van der Waals surface area contributed by atoms with Gasteiger partial charge in [0.25, 0.3) is 11.1 Å². The maximum absolute atomic E-state index is 11.3. The third-order valence-corrected chi connectivity index (χ3v) is 3.12. The van der Waals surface area contributed by atoms with Crippen molar-refractivity contribution in [3.05, 3.63) is 24.3 Å². The van der Waals surface area contributed by atoms with Crippen LogP contribution in [0.4, 0.5) is 0 Å². The second-order valence-electron chi connectivity index (χ2n) is 3.59. The predicted molar refractivity (Wildman–Crippen MR) is 68.4 cm³/mol. The van der Waals surface area contributed by atoms with Crippen molar-refractivity contribution >= 4 is 27.5 Å². The third-order valence-electron chi connectivity index (χ3n) is 2.17. The van der Waals surface area contributed by atoms with Gasteiger partial charge in [0.1, 0.15) is 0 Å². The van der Waals surface area contributed by atoms with Gasteiger partial charge in [0.15, 0.2) is 6.61 Å². The molecule has 4 nitrogen and oxygen atoms in total. The number of nitrogens with one attached hydrogen (secondary N) is 1. The van der Waals surface area contributed by atoms with E-state index in [0.717, 1.165) is 16.6 Å². The van der Waals surface area contributed by atoms with Crippen LogP contribution in [-0.4, -0.2) is 24.0 Å². The molecule has 5 heteroatoms. The number of carbonyl (C=O) groups is 1. The first kappa shape index (κ1) is 11.9. The first-order valence-corrected chi connectivity index (χ1v) is 6.36. The number of aromatic nitrogens is 1. The van der Waals surface area contributed by atoms with E-state index in [4.69, 9.17) is 4.74 Å². The fourth-order valence-corrected chi connectivity index (χ4v) is 2.17. The van der Waals surface area contributed by atoms with Gasteiger partial charge in [0, 0.05) is 6.54 Å². The lowest BCUT2D eigenvalue weighted by atomic mass is 10.3. The Morgan fingerprint density at radius 1 is 1.47 bits per heavy atom. The molecule has 1 N–H and O–H groups in total. The van der Waals surface area contributed by atoms with Crippen molar-refractivity contribution < 1.29 is 9.53 Å². The maximum atomic E-state index is 11.3. The van der Waals surface area contributed by atoms with E-state index >= 15 is 0 Å². The zero-order valence-corrected chi connectivity index (χ0v) is 10.4. The summed E-state index contributed by atoms with van der Waals surface area (Å²) in [5.74, 6) is -0.105. The van der Waals surface area contributed by atoms with E-state index in [2.05, 4.69) is 10.3 Å². The van der Waals surface area contributed by atoms with E-state index in [0.29, 0.717) is 11.7 Å². The van der Waals surface area contributed by atoms with Gasteiger partial charge in [-0.25, -0.2) is 4.98 Å². The van der Waals surface area contributed by atoms with Gasteiger partial charge in [0.05, 0.1) is 10.2 Å². The number of thiazole rings is 1. The number of amides is 1. The molecule has 0 saturated carbocycles. The number of fused-ring (bicyclic) bond motifs is 1. The summed E-state index contributed by atoms with van der Waals surface area (Å²) in [6, 6.07) is 7.80. The van der Waals surface area contributed by atoms with Gasteiger partial charge in [-0.15, -0.1) is 0 Å². The summed E-state index contributed by atoms with van der Waals surface area (Å²) in [5.41, 5.74) is 0.904. The van der Waals surface area contributed by atoms with Crippen LogP contribution in [0.1, 0.15) is 13.3 Å². The molecule has 0 aliphatic heterocycles. The Bertz CT molecular complexity index is 477. The van der Waals surface area contributed by atoms with Crippen LogP contribution in [0.5, 0.6) is 5.19 Å². The molecule has 0 aliphatic carbocycles. The average Bonchev–Trinajstić information content (AvgIpc) is 2.76. The minimum absolute atomic E-state index is 0.0276. The van der Waals surface area contributed by atoms with Gasteiger partial charge in [0.2, 0.25) is 0 Å². The highest BCUT2D eigenvalue weighted by molar-refractivity contribution is 7.20. The third kappa shape index (κ3) is 3.17. The molecule has 0 aliphatic rings. The smallest absolute Gasteiger partial charge is 0.274 e. The summed E-state index contributed by atoms with van der Waals surface area (Å²) in [4.78, 5) is 15.6. The van der Waals surface area contributed by atoms with Crippen LogP contribution in [0, 0.1) is 0 Å². The Morgan fingerprint density at radius 3 is 3.06 bits per heavy atom. The molecule has 0 unspecified atom stereocenters. The molecular formula is C12H14N2O2S. The summed E-state index contributed by atoms with van der Waals surface area (Å²) in [5, 5.41) is 3.29. The zero-order chi connectivity index (χ0) is 12.1. The van der Waals surface area contributed by atoms with E-state index in [1.54, 1.807) is 0 Å². The Hall–Kier alpha value is -1.62. The van der Waals surface area contributed by atoms with Crippen molar-refractivity contribution in [2.24, 2.45) is 0 Å². The Labute approximate surface area is 104 Å². The highest BCUT2D eigenvalue weighted by Gasteiger charge is 2.06. The molecule has 0 atom stereocenters. The quantitative estimate of drug-likeness (QED) is 0.885. The summed E-state index contributed by atoms with van der Waals surface area (Å²) < 4.78 is 6.41. The SMILES string of the molecule is CCCNC(=O)COc1nc2ccccc2s1. The minimum atomic E-state index is -0.105. The van der Waals surface area contributed by atoms with Crippen LogP contribution in [-0.2, 0) is 4.79 Å². The van der Waals surface area contributed by atoms with E-state index in [1.165, 1.54) is 11.3 Å². The number of hydrogen-bond donors (Lipinski definition) is 1. The lowest BCUT2D eigenvalue weighted by Gasteiger charge is -2.02. The second kappa shape index (κ2) is 5.63. The van der Waals surface area contributed by atoms with Crippen LogP contribution in [0.15, 0.2) is 24.3 Å². The standard InChI is InChI=1S/C12H14N2O2S/c1-2-7-13-11(15)8-16-12-14-9-5-3-4-6-10(9)17-12/h3-6H,2,7-8H2,1H3,(H,13,15). The summed E-state index contributed by atoms with van der Waals surface area (Å²) in [6.45, 7) is 2.72. The first-order chi connectivity index (χ1) is 8.29. The molecule has 0 fully saturated rings. The Kier molecular flexibility index (Phi) is 3.93. The van der Waals surface area contributed by atoms with Crippen LogP contribution < -0.4 is 10.1 Å².